The highest BCUT2D eigenvalue weighted by Crippen LogP contribution is 2.38. The average molecular weight is 323 g/mol. The SMILES string of the molecule is Cl.NCC1(C(=O)Nc2cccc(C(F)(F)F)c2)CCCC1. The molecule has 7 heteroatoms. The van der Waals surface area contributed by atoms with Gasteiger partial charge in [0, 0.05) is 12.2 Å². The Balaban J connectivity index is 0.00000220. The molecule has 3 nitrogen and oxygen atoms in total. The van der Waals surface area contributed by atoms with E-state index in [1.165, 1.54) is 12.1 Å². The van der Waals surface area contributed by atoms with Crippen LogP contribution in [0.15, 0.2) is 24.3 Å². The normalized spacial score (nSPS) is 17.1. The smallest absolute Gasteiger partial charge is 0.329 e. The summed E-state index contributed by atoms with van der Waals surface area (Å²) in [7, 11) is 0. The predicted octanol–water partition coefficient (Wildman–Crippen LogP) is 3.58. The first-order valence-electron chi connectivity index (χ1n) is 6.56. The Kier molecular flexibility index (Phi) is 5.64. The number of halogens is 4. The van der Waals surface area contributed by atoms with Crippen molar-refractivity contribution in [2.45, 2.75) is 31.9 Å². The highest BCUT2D eigenvalue weighted by Gasteiger charge is 2.40. The van der Waals surface area contributed by atoms with Gasteiger partial charge in [0.1, 0.15) is 0 Å². The molecule has 3 N–H and O–H groups in total. The van der Waals surface area contributed by atoms with E-state index in [1.54, 1.807) is 0 Å². The molecular formula is C14H18ClF3N2O. The summed E-state index contributed by atoms with van der Waals surface area (Å²) < 4.78 is 37.8. The minimum Gasteiger partial charge on any atom is -0.329 e. The van der Waals surface area contributed by atoms with Crippen molar-refractivity contribution in [2.24, 2.45) is 11.1 Å². The van der Waals surface area contributed by atoms with Crippen LogP contribution in [0.2, 0.25) is 0 Å². The van der Waals surface area contributed by atoms with Crippen LogP contribution in [-0.4, -0.2) is 12.5 Å². The molecule has 21 heavy (non-hydrogen) atoms. The Labute approximate surface area is 127 Å². The molecule has 2 rings (SSSR count). The van der Waals surface area contributed by atoms with E-state index >= 15 is 0 Å². The second kappa shape index (κ2) is 6.66. The number of hydrogen-bond acceptors (Lipinski definition) is 2. The third kappa shape index (κ3) is 3.89. The monoisotopic (exact) mass is 322 g/mol. The number of nitrogens with two attached hydrogens (primary N) is 1. The van der Waals surface area contributed by atoms with Crippen LogP contribution >= 0.6 is 12.4 Å². The standard InChI is InChI=1S/C14H17F3N2O.ClH/c15-14(16,17)10-4-3-5-11(8-10)19-12(20)13(9-18)6-1-2-7-13;/h3-5,8H,1-2,6-7,9,18H2,(H,19,20);1H. The van der Waals surface area contributed by atoms with Gasteiger partial charge in [0.2, 0.25) is 5.91 Å². The maximum absolute atomic E-state index is 12.6. The Hall–Kier alpha value is -1.27. The van der Waals surface area contributed by atoms with Crippen molar-refractivity contribution in [1.82, 2.24) is 0 Å². The number of hydrogen-bond donors (Lipinski definition) is 2. The highest BCUT2D eigenvalue weighted by molar-refractivity contribution is 5.95. The van der Waals surface area contributed by atoms with Gasteiger partial charge in [-0.15, -0.1) is 12.4 Å². The van der Waals surface area contributed by atoms with Crippen LogP contribution in [-0.2, 0) is 11.0 Å². The molecule has 1 saturated carbocycles. The van der Waals surface area contributed by atoms with Gasteiger partial charge in [-0.3, -0.25) is 4.79 Å². The van der Waals surface area contributed by atoms with Crippen LogP contribution in [0, 0.1) is 5.41 Å². The molecule has 0 atom stereocenters. The molecule has 0 bridgehead atoms. The van der Waals surface area contributed by atoms with Crippen molar-refractivity contribution in [3.05, 3.63) is 29.8 Å². The Morgan fingerprint density at radius 3 is 2.43 bits per heavy atom. The number of rotatable bonds is 3. The van der Waals surface area contributed by atoms with E-state index in [2.05, 4.69) is 5.32 Å². The lowest BCUT2D eigenvalue weighted by atomic mass is 9.85. The number of alkyl halides is 3. The van der Waals surface area contributed by atoms with Crippen LogP contribution in [0.25, 0.3) is 0 Å². The quantitative estimate of drug-likeness (QED) is 0.893. The third-order valence-corrected chi connectivity index (χ3v) is 3.88. The molecule has 0 aliphatic heterocycles. The minimum atomic E-state index is -4.42. The molecule has 1 fully saturated rings. The second-order valence-electron chi connectivity index (χ2n) is 5.22. The average Bonchev–Trinajstić information content (AvgIpc) is 2.88. The fourth-order valence-corrected chi connectivity index (χ4v) is 2.61. The number of nitrogens with one attached hydrogen (secondary N) is 1. The van der Waals surface area contributed by atoms with Crippen molar-refractivity contribution in [3.8, 4) is 0 Å². The Morgan fingerprint density at radius 2 is 1.90 bits per heavy atom. The topological polar surface area (TPSA) is 55.1 Å². The fourth-order valence-electron chi connectivity index (χ4n) is 2.61. The molecule has 0 heterocycles. The zero-order valence-electron chi connectivity index (χ0n) is 11.4. The molecule has 0 spiro atoms. The number of amides is 1. The molecule has 0 unspecified atom stereocenters. The minimum absolute atomic E-state index is 0. The van der Waals surface area contributed by atoms with E-state index in [4.69, 9.17) is 5.73 Å². The van der Waals surface area contributed by atoms with Gasteiger partial charge < -0.3 is 11.1 Å². The number of carbonyl (C=O) groups excluding carboxylic acids is 1. The summed E-state index contributed by atoms with van der Waals surface area (Å²) in [4.78, 5) is 12.3. The number of benzene rings is 1. The number of anilines is 1. The Bertz CT molecular complexity index is 499. The van der Waals surface area contributed by atoms with Gasteiger partial charge in [-0.1, -0.05) is 18.9 Å². The molecule has 1 aliphatic carbocycles. The van der Waals surface area contributed by atoms with Crippen molar-refractivity contribution < 1.29 is 18.0 Å². The second-order valence-corrected chi connectivity index (χ2v) is 5.22. The molecular weight excluding hydrogens is 305 g/mol. The summed E-state index contributed by atoms with van der Waals surface area (Å²) in [5, 5.41) is 2.57. The van der Waals surface area contributed by atoms with Gasteiger partial charge in [-0.25, -0.2) is 0 Å². The summed E-state index contributed by atoms with van der Waals surface area (Å²) in [6.45, 7) is 0.220. The van der Waals surface area contributed by atoms with Crippen molar-refractivity contribution >= 4 is 24.0 Å². The molecule has 1 amide bonds. The first-order chi connectivity index (χ1) is 9.37. The van der Waals surface area contributed by atoms with Gasteiger partial charge in [-0.2, -0.15) is 13.2 Å². The summed E-state index contributed by atoms with van der Waals surface area (Å²) >= 11 is 0. The van der Waals surface area contributed by atoms with Gasteiger partial charge in [0.05, 0.1) is 11.0 Å². The van der Waals surface area contributed by atoms with Gasteiger partial charge in [-0.05, 0) is 31.0 Å². The lowest BCUT2D eigenvalue weighted by Crippen LogP contribution is -2.40. The lowest BCUT2D eigenvalue weighted by molar-refractivity contribution is -0.137. The number of carbonyl (C=O) groups is 1. The molecule has 1 aromatic carbocycles. The zero-order chi connectivity index (χ0) is 14.8. The Morgan fingerprint density at radius 1 is 1.29 bits per heavy atom. The summed E-state index contributed by atoms with van der Waals surface area (Å²) in [5.41, 5.74) is 4.43. The molecule has 0 aromatic heterocycles. The van der Waals surface area contributed by atoms with Gasteiger partial charge in [0.25, 0.3) is 0 Å². The highest BCUT2D eigenvalue weighted by atomic mass is 35.5. The zero-order valence-corrected chi connectivity index (χ0v) is 12.2. The molecule has 0 saturated heterocycles. The van der Waals surface area contributed by atoms with Crippen LogP contribution in [0.5, 0.6) is 0 Å². The predicted molar refractivity (Wildman–Crippen MR) is 77.3 cm³/mol. The van der Waals surface area contributed by atoms with Crippen molar-refractivity contribution in [1.29, 1.82) is 0 Å². The van der Waals surface area contributed by atoms with Gasteiger partial charge in [0.15, 0.2) is 0 Å². The van der Waals surface area contributed by atoms with E-state index in [0.717, 1.165) is 25.0 Å². The molecule has 0 radical (unpaired) electrons. The van der Waals surface area contributed by atoms with Crippen LogP contribution in [0.3, 0.4) is 0 Å². The molecule has 1 aliphatic rings. The van der Waals surface area contributed by atoms with Crippen molar-refractivity contribution in [2.75, 3.05) is 11.9 Å². The van der Waals surface area contributed by atoms with E-state index in [0.29, 0.717) is 12.8 Å². The molecule has 1 aromatic rings. The van der Waals surface area contributed by atoms with Crippen LogP contribution in [0.4, 0.5) is 18.9 Å². The summed E-state index contributed by atoms with van der Waals surface area (Å²) in [6.07, 6.45) is -1.19. The van der Waals surface area contributed by atoms with Crippen molar-refractivity contribution in [3.63, 3.8) is 0 Å². The maximum Gasteiger partial charge on any atom is 0.416 e. The summed E-state index contributed by atoms with van der Waals surface area (Å²) in [5.74, 6) is -0.281. The third-order valence-electron chi connectivity index (χ3n) is 3.88. The maximum atomic E-state index is 12.6. The van der Waals surface area contributed by atoms with Gasteiger partial charge >= 0.3 is 6.18 Å². The largest absolute Gasteiger partial charge is 0.416 e. The first kappa shape index (κ1) is 17.8. The molecule has 118 valence electrons. The van der Waals surface area contributed by atoms with E-state index in [-0.39, 0.29) is 30.5 Å². The fraction of sp³-hybridized carbons (Fsp3) is 0.500. The van der Waals surface area contributed by atoms with Crippen LogP contribution in [0.1, 0.15) is 31.2 Å². The first-order valence-corrected chi connectivity index (χ1v) is 6.56. The van der Waals surface area contributed by atoms with E-state index in [9.17, 15) is 18.0 Å². The van der Waals surface area contributed by atoms with E-state index in [1.807, 2.05) is 0 Å². The summed E-state index contributed by atoms with van der Waals surface area (Å²) in [6, 6.07) is 4.65. The van der Waals surface area contributed by atoms with Crippen LogP contribution < -0.4 is 11.1 Å². The van der Waals surface area contributed by atoms with E-state index < -0.39 is 17.2 Å². The lowest BCUT2D eigenvalue weighted by Gasteiger charge is -2.25.